The fourth-order valence-corrected chi connectivity index (χ4v) is 4.62. The van der Waals surface area contributed by atoms with Gasteiger partial charge in [-0.25, -0.2) is 5.01 Å². The topological polar surface area (TPSA) is 44.4 Å². The molecule has 1 aromatic heterocycles. The Morgan fingerprint density at radius 3 is 2.91 bits per heavy atom. The highest BCUT2D eigenvalue weighted by molar-refractivity contribution is 7.19. The average Bonchev–Trinajstić information content (AvgIpc) is 2.93. The zero-order chi connectivity index (χ0) is 14.9. The minimum Gasteiger partial charge on any atom is -0.301 e. The van der Waals surface area contributed by atoms with Crippen LogP contribution in [-0.4, -0.2) is 30.0 Å². The first kappa shape index (κ1) is 14.2. The van der Waals surface area contributed by atoms with Crippen LogP contribution < -0.4 is 10.7 Å². The number of thiophene rings is 1. The molecule has 1 atom stereocenters. The van der Waals surface area contributed by atoms with E-state index in [2.05, 4.69) is 40.0 Å². The number of carbonyl (C=O) groups is 1. The SMILES string of the molecule is O=C(NN1CCCCC1)[C@H]1Cc2c(sc3ccccc23)CN1. The lowest BCUT2D eigenvalue weighted by atomic mass is 9.98. The lowest BCUT2D eigenvalue weighted by molar-refractivity contribution is -0.128. The fraction of sp³-hybridized carbons (Fsp3) is 0.471. The summed E-state index contributed by atoms with van der Waals surface area (Å²) in [5.41, 5.74) is 4.45. The summed E-state index contributed by atoms with van der Waals surface area (Å²) in [5.74, 6) is 0.114. The van der Waals surface area contributed by atoms with Crippen LogP contribution in [0.25, 0.3) is 10.1 Å². The molecule has 2 N–H and O–H groups in total. The van der Waals surface area contributed by atoms with Crippen molar-refractivity contribution in [1.29, 1.82) is 0 Å². The maximum atomic E-state index is 12.5. The van der Waals surface area contributed by atoms with Gasteiger partial charge in [-0.1, -0.05) is 24.6 Å². The molecule has 3 heterocycles. The lowest BCUT2D eigenvalue weighted by Crippen LogP contribution is -2.54. The van der Waals surface area contributed by atoms with Crippen molar-refractivity contribution in [3.63, 3.8) is 0 Å². The number of nitrogens with one attached hydrogen (secondary N) is 2. The van der Waals surface area contributed by atoms with E-state index in [4.69, 9.17) is 0 Å². The van der Waals surface area contributed by atoms with Crippen LogP contribution in [0, 0.1) is 0 Å². The van der Waals surface area contributed by atoms with Crippen molar-refractivity contribution in [3.05, 3.63) is 34.7 Å². The number of hydrazine groups is 1. The smallest absolute Gasteiger partial charge is 0.251 e. The van der Waals surface area contributed by atoms with Gasteiger partial charge >= 0.3 is 0 Å². The maximum Gasteiger partial charge on any atom is 0.251 e. The lowest BCUT2D eigenvalue weighted by Gasteiger charge is -2.30. The van der Waals surface area contributed by atoms with Crippen LogP contribution in [0.4, 0.5) is 0 Å². The quantitative estimate of drug-likeness (QED) is 0.894. The summed E-state index contributed by atoms with van der Waals surface area (Å²) in [6.07, 6.45) is 4.42. The van der Waals surface area contributed by atoms with Crippen LogP contribution in [0.3, 0.4) is 0 Å². The van der Waals surface area contributed by atoms with E-state index in [9.17, 15) is 4.79 Å². The molecule has 2 aliphatic rings. The highest BCUT2D eigenvalue weighted by Crippen LogP contribution is 2.34. The molecule has 22 heavy (non-hydrogen) atoms. The van der Waals surface area contributed by atoms with Gasteiger partial charge < -0.3 is 5.32 Å². The van der Waals surface area contributed by atoms with Crippen LogP contribution in [0.15, 0.2) is 24.3 Å². The third kappa shape index (κ3) is 2.64. The summed E-state index contributed by atoms with van der Waals surface area (Å²) in [5, 5.41) is 6.79. The van der Waals surface area contributed by atoms with E-state index in [1.807, 2.05) is 11.3 Å². The normalized spacial score (nSPS) is 22.5. The summed E-state index contributed by atoms with van der Waals surface area (Å²) in [6.45, 7) is 2.75. The third-order valence-electron chi connectivity index (χ3n) is 4.64. The first-order chi connectivity index (χ1) is 10.8. The molecule has 116 valence electrons. The largest absolute Gasteiger partial charge is 0.301 e. The van der Waals surface area contributed by atoms with E-state index in [0.717, 1.165) is 26.1 Å². The minimum absolute atomic E-state index is 0.114. The zero-order valence-electron chi connectivity index (χ0n) is 12.6. The van der Waals surface area contributed by atoms with Crippen LogP contribution in [0.1, 0.15) is 29.7 Å². The number of hydrogen-bond acceptors (Lipinski definition) is 4. The number of rotatable bonds is 2. The Labute approximate surface area is 134 Å². The van der Waals surface area contributed by atoms with Gasteiger partial charge in [0.1, 0.15) is 0 Å². The van der Waals surface area contributed by atoms with Crippen molar-refractivity contribution in [2.75, 3.05) is 13.1 Å². The summed E-state index contributed by atoms with van der Waals surface area (Å²) in [4.78, 5) is 13.9. The first-order valence-corrected chi connectivity index (χ1v) is 8.91. The summed E-state index contributed by atoms with van der Waals surface area (Å²) < 4.78 is 1.33. The molecule has 1 aromatic carbocycles. The fourth-order valence-electron chi connectivity index (χ4n) is 3.43. The molecule has 0 aliphatic carbocycles. The van der Waals surface area contributed by atoms with Gasteiger partial charge in [0.2, 0.25) is 0 Å². The number of carbonyl (C=O) groups excluding carboxylic acids is 1. The molecule has 0 spiro atoms. The molecule has 2 aromatic rings. The summed E-state index contributed by atoms with van der Waals surface area (Å²) in [7, 11) is 0. The number of nitrogens with zero attached hydrogens (tertiary/aromatic N) is 1. The van der Waals surface area contributed by atoms with Gasteiger partial charge in [-0.05, 0) is 36.3 Å². The van der Waals surface area contributed by atoms with Crippen molar-refractivity contribution in [3.8, 4) is 0 Å². The number of benzene rings is 1. The Bertz CT molecular complexity index is 690. The second-order valence-corrected chi connectivity index (χ2v) is 7.30. The number of amides is 1. The molecule has 1 saturated heterocycles. The molecule has 0 radical (unpaired) electrons. The second-order valence-electron chi connectivity index (χ2n) is 6.16. The van der Waals surface area contributed by atoms with E-state index in [1.54, 1.807) is 0 Å². The molecule has 0 bridgehead atoms. The predicted molar refractivity (Wildman–Crippen MR) is 89.7 cm³/mol. The second kappa shape index (κ2) is 5.99. The average molecular weight is 315 g/mol. The van der Waals surface area contributed by atoms with Crippen LogP contribution in [0.5, 0.6) is 0 Å². The van der Waals surface area contributed by atoms with Gasteiger partial charge in [0.25, 0.3) is 5.91 Å². The molecule has 2 aliphatic heterocycles. The Kier molecular flexibility index (Phi) is 3.86. The minimum atomic E-state index is -0.118. The molecular weight excluding hydrogens is 294 g/mol. The monoisotopic (exact) mass is 315 g/mol. The number of hydrogen-bond donors (Lipinski definition) is 2. The summed E-state index contributed by atoms with van der Waals surface area (Å²) >= 11 is 1.84. The number of fused-ring (bicyclic) bond motifs is 3. The maximum absolute atomic E-state index is 12.5. The zero-order valence-corrected chi connectivity index (χ0v) is 13.4. The van der Waals surface area contributed by atoms with Crippen molar-refractivity contribution in [2.45, 2.75) is 38.3 Å². The highest BCUT2D eigenvalue weighted by Gasteiger charge is 2.28. The molecule has 4 rings (SSSR count). The van der Waals surface area contributed by atoms with Crippen LogP contribution in [0.2, 0.25) is 0 Å². The van der Waals surface area contributed by atoms with E-state index >= 15 is 0 Å². The molecule has 5 heteroatoms. The summed E-state index contributed by atoms with van der Waals surface area (Å²) in [6, 6.07) is 8.39. The Morgan fingerprint density at radius 2 is 2.05 bits per heavy atom. The van der Waals surface area contributed by atoms with Gasteiger partial charge in [0, 0.05) is 29.2 Å². The first-order valence-electron chi connectivity index (χ1n) is 8.09. The van der Waals surface area contributed by atoms with Crippen LogP contribution >= 0.6 is 11.3 Å². The Morgan fingerprint density at radius 1 is 1.23 bits per heavy atom. The van der Waals surface area contributed by atoms with Gasteiger partial charge in [0.15, 0.2) is 0 Å². The van der Waals surface area contributed by atoms with E-state index in [1.165, 1.54) is 39.8 Å². The van der Waals surface area contributed by atoms with E-state index in [0.29, 0.717) is 0 Å². The molecular formula is C17H21N3OS. The highest BCUT2D eigenvalue weighted by atomic mass is 32.1. The molecule has 0 saturated carbocycles. The van der Waals surface area contributed by atoms with Crippen molar-refractivity contribution in [1.82, 2.24) is 15.8 Å². The van der Waals surface area contributed by atoms with E-state index in [-0.39, 0.29) is 11.9 Å². The van der Waals surface area contributed by atoms with Crippen molar-refractivity contribution < 1.29 is 4.79 Å². The van der Waals surface area contributed by atoms with Crippen LogP contribution in [-0.2, 0) is 17.8 Å². The van der Waals surface area contributed by atoms with Crippen molar-refractivity contribution >= 4 is 27.3 Å². The van der Waals surface area contributed by atoms with E-state index < -0.39 is 0 Å². The van der Waals surface area contributed by atoms with Gasteiger partial charge in [0.05, 0.1) is 6.04 Å². The predicted octanol–water partition coefficient (Wildman–Crippen LogP) is 2.43. The number of piperidine rings is 1. The molecule has 0 unspecified atom stereocenters. The van der Waals surface area contributed by atoms with Gasteiger partial charge in [-0.3, -0.25) is 10.2 Å². The Hall–Kier alpha value is -1.43. The standard InChI is InChI=1S/C17H21N3OS/c21-17(19-20-8-4-1-5-9-20)14-10-13-12-6-2-3-7-15(12)22-16(13)11-18-14/h2-3,6-7,14,18H,1,4-5,8-11H2,(H,19,21)/t14-/m1/s1. The Balaban J connectivity index is 1.50. The van der Waals surface area contributed by atoms with Gasteiger partial charge in [-0.15, -0.1) is 11.3 Å². The van der Waals surface area contributed by atoms with Gasteiger partial charge in [-0.2, -0.15) is 0 Å². The third-order valence-corrected chi connectivity index (χ3v) is 5.85. The molecule has 1 fully saturated rings. The molecule has 1 amide bonds. The molecule has 4 nitrogen and oxygen atoms in total. The van der Waals surface area contributed by atoms with Crippen molar-refractivity contribution in [2.24, 2.45) is 0 Å².